The van der Waals surface area contributed by atoms with Crippen LogP contribution in [0.3, 0.4) is 0 Å². The first-order chi connectivity index (χ1) is 11.1. The molecule has 0 spiro atoms. The second-order valence-electron chi connectivity index (χ2n) is 5.77. The smallest absolute Gasteiger partial charge is 0.251 e. The average Bonchev–Trinajstić information content (AvgIpc) is 3.02. The molecule has 0 unspecified atom stereocenters. The molecule has 3 N–H and O–H groups in total. The highest BCUT2D eigenvalue weighted by Gasteiger charge is 2.16. The summed E-state index contributed by atoms with van der Waals surface area (Å²) < 4.78 is 0. The normalized spacial score (nSPS) is 16.1. The van der Waals surface area contributed by atoms with Crippen molar-refractivity contribution in [3.63, 3.8) is 0 Å². The van der Waals surface area contributed by atoms with E-state index in [4.69, 9.17) is 5.73 Å². The minimum absolute atomic E-state index is 0.114. The van der Waals surface area contributed by atoms with Gasteiger partial charge >= 0.3 is 0 Å². The molecule has 1 saturated heterocycles. The molecule has 23 heavy (non-hydrogen) atoms. The number of rotatable bonds is 4. The third-order valence-corrected chi connectivity index (χ3v) is 4.96. The van der Waals surface area contributed by atoms with Crippen LogP contribution in [0.25, 0.3) is 0 Å². The van der Waals surface area contributed by atoms with Crippen LogP contribution in [0, 0.1) is 0 Å². The molecule has 3 rings (SSSR count). The molecule has 7 heteroatoms. The Bertz CT molecular complexity index is 663. The van der Waals surface area contributed by atoms with Gasteiger partial charge in [0.05, 0.1) is 6.04 Å². The van der Waals surface area contributed by atoms with Crippen molar-refractivity contribution in [2.24, 2.45) is 0 Å². The zero-order valence-corrected chi connectivity index (χ0v) is 14.0. The zero-order chi connectivity index (χ0) is 16.2. The number of benzene rings is 1. The second kappa shape index (κ2) is 6.95. The number of hydrogen-bond donors (Lipinski definition) is 2. The van der Waals surface area contributed by atoms with Crippen LogP contribution >= 0.6 is 11.3 Å². The van der Waals surface area contributed by atoms with Crippen molar-refractivity contribution in [3.05, 3.63) is 34.8 Å². The molecule has 0 saturated carbocycles. The summed E-state index contributed by atoms with van der Waals surface area (Å²) in [5.41, 5.74) is 7.41. The summed E-state index contributed by atoms with van der Waals surface area (Å²) in [4.78, 5) is 14.7. The number of hydrogen-bond acceptors (Lipinski definition) is 6. The van der Waals surface area contributed by atoms with Gasteiger partial charge in [-0.25, -0.2) is 0 Å². The summed E-state index contributed by atoms with van der Waals surface area (Å²) in [5, 5.41) is 11.8. The van der Waals surface area contributed by atoms with Crippen LogP contribution in [0.4, 0.5) is 10.8 Å². The van der Waals surface area contributed by atoms with Gasteiger partial charge in [0.1, 0.15) is 5.01 Å². The molecule has 122 valence electrons. The molecule has 1 aliphatic rings. The summed E-state index contributed by atoms with van der Waals surface area (Å²) in [7, 11) is 0. The molecular formula is C16H21N5OS. The van der Waals surface area contributed by atoms with Gasteiger partial charge in [-0.1, -0.05) is 11.3 Å². The number of amides is 1. The topological polar surface area (TPSA) is 84.1 Å². The van der Waals surface area contributed by atoms with Gasteiger partial charge in [-0.05, 0) is 50.5 Å². The van der Waals surface area contributed by atoms with E-state index < -0.39 is 0 Å². The average molecular weight is 331 g/mol. The van der Waals surface area contributed by atoms with Gasteiger partial charge in [0, 0.05) is 24.3 Å². The lowest BCUT2D eigenvalue weighted by Crippen LogP contribution is -2.29. The van der Waals surface area contributed by atoms with Crippen LogP contribution in [0.1, 0.15) is 47.6 Å². The fourth-order valence-electron chi connectivity index (χ4n) is 2.74. The number of aromatic nitrogens is 2. The van der Waals surface area contributed by atoms with Crippen LogP contribution in [0.15, 0.2) is 24.3 Å². The minimum atomic E-state index is -0.209. The van der Waals surface area contributed by atoms with E-state index in [0.717, 1.165) is 13.1 Å². The predicted molar refractivity (Wildman–Crippen MR) is 92.7 cm³/mol. The molecule has 2 aromatic rings. The van der Waals surface area contributed by atoms with Gasteiger partial charge in [0.15, 0.2) is 0 Å². The largest absolute Gasteiger partial charge is 0.374 e. The fourth-order valence-corrected chi connectivity index (χ4v) is 3.35. The molecule has 1 aromatic heterocycles. The number of anilines is 2. The highest BCUT2D eigenvalue weighted by molar-refractivity contribution is 7.15. The number of nitrogens with zero attached hydrogens (tertiary/aromatic N) is 3. The minimum Gasteiger partial charge on any atom is -0.374 e. The Morgan fingerprint density at radius 3 is 2.52 bits per heavy atom. The van der Waals surface area contributed by atoms with Crippen molar-refractivity contribution in [2.45, 2.75) is 32.2 Å². The van der Waals surface area contributed by atoms with Crippen molar-refractivity contribution < 1.29 is 4.79 Å². The zero-order valence-electron chi connectivity index (χ0n) is 13.2. The summed E-state index contributed by atoms with van der Waals surface area (Å²) in [5.74, 6) is -0.114. The molecule has 6 nitrogen and oxygen atoms in total. The Balaban J connectivity index is 1.63. The molecule has 0 aliphatic carbocycles. The SMILES string of the molecule is C[C@@H](NC(=O)c1ccc(N2CCCCC2)cc1)c1nnc(N)s1. The van der Waals surface area contributed by atoms with Crippen molar-refractivity contribution in [3.8, 4) is 0 Å². The van der Waals surface area contributed by atoms with E-state index in [1.54, 1.807) is 0 Å². The second-order valence-corrected chi connectivity index (χ2v) is 6.81. The molecule has 0 radical (unpaired) electrons. The molecule has 1 fully saturated rings. The van der Waals surface area contributed by atoms with Gasteiger partial charge in [0.2, 0.25) is 5.13 Å². The van der Waals surface area contributed by atoms with Gasteiger partial charge in [-0.2, -0.15) is 0 Å². The third-order valence-electron chi connectivity index (χ3n) is 4.02. The predicted octanol–water partition coefficient (Wildman–Crippen LogP) is 2.60. The maximum Gasteiger partial charge on any atom is 0.251 e. The van der Waals surface area contributed by atoms with Crippen LogP contribution < -0.4 is 16.0 Å². The maximum absolute atomic E-state index is 12.3. The quantitative estimate of drug-likeness (QED) is 0.899. The molecule has 1 amide bonds. The number of nitrogens with one attached hydrogen (secondary N) is 1. The van der Waals surface area contributed by atoms with Crippen molar-refractivity contribution in [2.75, 3.05) is 23.7 Å². The number of carbonyl (C=O) groups is 1. The lowest BCUT2D eigenvalue weighted by Gasteiger charge is -2.28. The van der Waals surface area contributed by atoms with Gasteiger partial charge in [0.25, 0.3) is 5.91 Å². The number of piperidine rings is 1. The van der Waals surface area contributed by atoms with Gasteiger partial charge < -0.3 is 16.0 Å². The molecule has 1 atom stereocenters. The van der Waals surface area contributed by atoms with Crippen molar-refractivity contribution in [1.29, 1.82) is 0 Å². The standard InChI is InChI=1S/C16H21N5OS/c1-11(15-19-20-16(17)23-15)18-14(22)12-5-7-13(8-6-12)21-9-3-2-4-10-21/h5-8,11H,2-4,9-10H2,1H3,(H2,17,20)(H,18,22)/t11-/m1/s1. The highest BCUT2D eigenvalue weighted by atomic mass is 32.1. The molecule has 0 bridgehead atoms. The van der Waals surface area contributed by atoms with Gasteiger partial charge in [-0.3, -0.25) is 4.79 Å². The van der Waals surface area contributed by atoms with E-state index in [9.17, 15) is 4.79 Å². The lowest BCUT2D eigenvalue weighted by molar-refractivity contribution is 0.0939. The Labute approximate surface area is 139 Å². The summed E-state index contributed by atoms with van der Waals surface area (Å²) in [6, 6.07) is 7.59. The van der Waals surface area contributed by atoms with E-state index in [0.29, 0.717) is 15.7 Å². The first kappa shape index (κ1) is 15.7. The number of nitrogens with two attached hydrogens (primary N) is 1. The van der Waals surface area contributed by atoms with Crippen LogP contribution in [-0.2, 0) is 0 Å². The van der Waals surface area contributed by atoms with Crippen molar-refractivity contribution >= 4 is 28.1 Å². The van der Waals surface area contributed by atoms with E-state index in [2.05, 4.69) is 20.4 Å². The lowest BCUT2D eigenvalue weighted by atomic mass is 10.1. The number of nitrogen functional groups attached to an aromatic ring is 1. The van der Waals surface area contributed by atoms with Crippen LogP contribution in [0.5, 0.6) is 0 Å². The van der Waals surface area contributed by atoms with E-state index in [1.165, 1.54) is 36.3 Å². The molecule has 1 aromatic carbocycles. The van der Waals surface area contributed by atoms with Crippen molar-refractivity contribution in [1.82, 2.24) is 15.5 Å². The van der Waals surface area contributed by atoms with E-state index in [-0.39, 0.29) is 11.9 Å². The van der Waals surface area contributed by atoms with Crippen LogP contribution in [0.2, 0.25) is 0 Å². The Morgan fingerprint density at radius 1 is 1.22 bits per heavy atom. The van der Waals surface area contributed by atoms with Gasteiger partial charge in [-0.15, -0.1) is 10.2 Å². The molecule has 1 aliphatic heterocycles. The molecule has 2 heterocycles. The Kier molecular flexibility index (Phi) is 4.76. The summed E-state index contributed by atoms with van der Waals surface area (Å²) >= 11 is 1.29. The fraction of sp³-hybridized carbons (Fsp3) is 0.438. The number of carbonyl (C=O) groups excluding carboxylic acids is 1. The first-order valence-corrected chi connectivity index (χ1v) is 8.70. The third kappa shape index (κ3) is 3.79. The summed E-state index contributed by atoms with van der Waals surface area (Å²) in [6.45, 7) is 4.07. The highest BCUT2D eigenvalue weighted by Crippen LogP contribution is 2.22. The summed E-state index contributed by atoms with van der Waals surface area (Å²) in [6.07, 6.45) is 3.79. The Hall–Kier alpha value is -2.15. The maximum atomic E-state index is 12.3. The monoisotopic (exact) mass is 331 g/mol. The molecular weight excluding hydrogens is 310 g/mol. The van der Waals surface area contributed by atoms with Crippen LogP contribution in [-0.4, -0.2) is 29.2 Å². The first-order valence-electron chi connectivity index (χ1n) is 7.88. The van der Waals surface area contributed by atoms with E-state index >= 15 is 0 Å². The Morgan fingerprint density at radius 2 is 1.91 bits per heavy atom. The van der Waals surface area contributed by atoms with E-state index in [1.807, 2.05) is 31.2 Å².